The number of aromatic nitrogens is 1. The van der Waals surface area contributed by atoms with Crippen LogP contribution in [0.4, 0.5) is 5.82 Å². The molecule has 0 fully saturated rings. The summed E-state index contributed by atoms with van der Waals surface area (Å²) in [5, 5.41) is 3.55. The number of amides is 1. The monoisotopic (exact) mass is 324 g/mol. The molecule has 2 rings (SSSR count). The topological polar surface area (TPSA) is 51.2 Å². The molecule has 1 aromatic heterocycles. The standard InChI is InChI=1S/C15H14Cl2N2O2/c1-9-4-3-5-14(18-9)19-15(20)10(2)21-13-7-6-11(16)8-12(13)17/h3-8,10H,1-2H3,(H,18,19,20). The van der Waals surface area contributed by atoms with Gasteiger partial charge in [-0.2, -0.15) is 0 Å². The van der Waals surface area contributed by atoms with Gasteiger partial charge < -0.3 is 10.1 Å². The summed E-state index contributed by atoms with van der Waals surface area (Å²) in [6, 6.07) is 10.2. The van der Waals surface area contributed by atoms with Gasteiger partial charge in [0, 0.05) is 10.7 Å². The number of nitrogens with one attached hydrogen (secondary N) is 1. The number of aryl methyl sites for hydroxylation is 1. The minimum Gasteiger partial charge on any atom is -0.479 e. The van der Waals surface area contributed by atoms with Crippen LogP contribution in [-0.4, -0.2) is 17.0 Å². The van der Waals surface area contributed by atoms with Gasteiger partial charge in [-0.05, 0) is 44.2 Å². The number of carbonyl (C=O) groups is 1. The van der Waals surface area contributed by atoms with Crippen LogP contribution in [0.2, 0.25) is 10.0 Å². The number of hydrogen-bond acceptors (Lipinski definition) is 3. The van der Waals surface area contributed by atoms with Gasteiger partial charge in [0.2, 0.25) is 0 Å². The van der Waals surface area contributed by atoms with Crippen LogP contribution in [0.3, 0.4) is 0 Å². The van der Waals surface area contributed by atoms with Crippen LogP contribution < -0.4 is 10.1 Å². The second-order valence-corrected chi connectivity index (χ2v) is 5.33. The zero-order valence-electron chi connectivity index (χ0n) is 11.6. The van der Waals surface area contributed by atoms with Crippen LogP contribution in [0.25, 0.3) is 0 Å². The van der Waals surface area contributed by atoms with Crippen LogP contribution in [-0.2, 0) is 4.79 Å². The fraction of sp³-hybridized carbons (Fsp3) is 0.200. The first-order valence-electron chi connectivity index (χ1n) is 6.32. The van der Waals surface area contributed by atoms with E-state index in [0.717, 1.165) is 5.69 Å². The summed E-state index contributed by atoms with van der Waals surface area (Å²) in [6.07, 6.45) is -0.717. The summed E-state index contributed by atoms with van der Waals surface area (Å²) in [5.41, 5.74) is 0.821. The van der Waals surface area contributed by atoms with Crippen molar-refractivity contribution < 1.29 is 9.53 Å². The molecule has 0 bridgehead atoms. The third kappa shape index (κ3) is 4.34. The molecular formula is C15H14Cl2N2O2. The number of rotatable bonds is 4. The predicted molar refractivity (Wildman–Crippen MR) is 84.2 cm³/mol. The van der Waals surface area contributed by atoms with E-state index in [1.54, 1.807) is 31.2 Å². The fourth-order valence-corrected chi connectivity index (χ4v) is 2.11. The van der Waals surface area contributed by atoms with Gasteiger partial charge in [-0.1, -0.05) is 29.3 Å². The van der Waals surface area contributed by atoms with E-state index in [1.165, 1.54) is 0 Å². The lowest BCUT2D eigenvalue weighted by Gasteiger charge is -2.15. The van der Waals surface area contributed by atoms with Crippen LogP contribution in [0.5, 0.6) is 5.75 Å². The Morgan fingerprint density at radius 2 is 2.05 bits per heavy atom. The first-order chi connectivity index (χ1) is 9.95. The normalized spacial score (nSPS) is 11.8. The van der Waals surface area contributed by atoms with Gasteiger partial charge in [-0.15, -0.1) is 0 Å². The van der Waals surface area contributed by atoms with E-state index < -0.39 is 6.10 Å². The van der Waals surface area contributed by atoms with E-state index in [9.17, 15) is 4.79 Å². The Balaban J connectivity index is 2.02. The SMILES string of the molecule is Cc1cccc(NC(=O)C(C)Oc2ccc(Cl)cc2Cl)n1. The van der Waals surface area contributed by atoms with E-state index in [2.05, 4.69) is 10.3 Å². The molecule has 1 N–H and O–H groups in total. The summed E-state index contributed by atoms with van der Waals surface area (Å²) in [6.45, 7) is 3.49. The van der Waals surface area contributed by atoms with Gasteiger partial charge in [-0.25, -0.2) is 4.98 Å². The van der Waals surface area contributed by atoms with Gasteiger partial charge in [0.1, 0.15) is 11.6 Å². The second kappa shape index (κ2) is 6.78. The Kier molecular flexibility index (Phi) is 5.04. The first kappa shape index (κ1) is 15.6. The lowest BCUT2D eigenvalue weighted by molar-refractivity contribution is -0.122. The molecule has 6 heteroatoms. The highest BCUT2D eigenvalue weighted by molar-refractivity contribution is 6.35. The van der Waals surface area contributed by atoms with Crippen molar-refractivity contribution in [3.8, 4) is 5.75 Å². The Morgan fingerprint density at radius 1 is 1.29 bits per heavy atom. The molecule has 0 saturated heterocycles. The van der Waals surface area contributed by atoms with Gasteiger partial charge in [-0.3, -0.25) is 4.79 Å². The number of halogens is 2. The van der Waals surface area contributed by atoms with Gasteiger partial charge in [0.05, 0.1) is 5.02 Å². The molecule has 21 heavy (non-hydrogen) atoms. The maximum atomic E-state index is 12.1. The van der Waals surface area contributed by atoms with Gasteiger partial charge in [0.25, 0.3) is 5.91 Å². The van der Waals surface area contributed by atoms with Crippen molar-refractivity contribution in [1.82, 2.24) is 4.98 Å². The Morgan fingerprint density at radius 3 is 2.71 bits per heavy atom. The fourth-order valence-electron chi connectivity index (χ4n) is 1.66. The van der Waals surface area contributed by atoms with Crippen molar-refractivity contribution in [1.29, 1.82) is 0 Å². The lowest BCUT2D eigenvalue weighted by atomic mass is 10.3. The quantitative estimate of drug-likeness (QED) is 0.921. The highest BCUT2D eigenvalue weighted by atomic mass is 35.5. The van der Waals surface area contributed by atoms with E-state index in [-0.39, 0.29) is 5.91 Å². The maximum absolute atomic E-state index is 12.1. The Labute approximate surface area is 133 Å². The van der Waals surface area contributed by atoms with E-state index in [0.29, 0.717) is 21.6 Å². The first-order valence-corrected chi connectivity index (χ1v) is 7.07. The number of pyridine rings is 1. The number of hydrogen-bond donors (Lipinski definition) is 1. The minimum atomic E-state index is -0.717. The highest BCUT2D eigenvalue weighted by Crippen LogP contribution is 2.28. The molecule has 0 saturated carbocycles. The molecule has 0 aliphatic carbocycles. The van der Waals surface area contributed by atoms with E-state index in [1.807, 2.05) is 19.1 Å². The minimum absolute atomic E-state index is 0.306. The molecule has 1 amide bonds. The molecule has 1 atom stereocenters. The van der Waals surface area contributed by atoms with Crippen molar-refractivity contribution in [2.45, 2.75) is 20.0 Å². The number of nitrogens with zero attached hydrogens (tertiary/aromatic N) is 1. The van der Waals surface area contributed by atoms with Crippen molar-refractivity contribution in [2.75, 3.05) is 5.32 Å². The summed E-state index contributed by atoms with van der Waals surface area (Å²) in [5.74, 6) is 0.581. The summed E-state index contributed by atoms with van der Waals surface area (Å²) >= 11 is 11.8. The number of ether oxygens (including phenoxy) is 1. The summed E-state index contributed by atoms with van der Waals surface area (Å²) in [7, 11) is 0. The molecule has 1 aromatic carbocycles. The van der Waals surface area contributed by atoms with Crippen molar-refractivity contribution >= 4 is 34.9 Å². The van der Waals surface area contributed by atoms with Crippen molar-refractivity contribution in [3.05, 3.63) is 52.1 Å². The molecule has 1 unspecified atom stereocenters. The average Bonchev–Trinajstić information content (AvgIpc) is 2.41. The lowest BCUT2D eigenvalue weighted by Crippen LogP contribution is -2.30. The van der Waals surface area contributed by atoms with E-state index >= 15 is 0 Å². The average molecular weight is 325 g/mol. The summed E-state index contributed by atoms with van der Waals surface area (Å²) < 4.78 is 5.53. The van der Waals surface area contributed by atoms with Gasteiger partial charge in [0.15, 0.2) is 6.10 Å². The number of benzene rings is 1. The maximum Gasteiger partial charge on any atom is 0.266 e. The largest absolute Gasteiger partial charge is 0.479 e. The van der Waals surface area contributed by atoms with Crippen LogP contribution in [0, 0.1) is 6.92 Å². The molecule has 0 aliphatic heterocycles. The van der Waals surface area contributed by atoms with Crippen LogP contribution in [0.1, 0.15) is 12.6 Å². The third-order valence-electron chi connectivity index (χ3n) is 2.71. The zero-order valence-corrected chi connectivity index (χ0v) is 13.1. The highest BCUT2D eigenvalue weighted by Gasteiger charge is 2.16. The van der Waals surface area contributed by atoms with Crippen molar-refractivity contribution in [2.24, 2.45) is 0 Å². The smallest absolute Gasteiger partial charge is 0.266 e. The van der Waals surface area contributed by atoms with Gasteiger partial charge >= 0.3 is 0 Å². The second-order valence-electron chi connectivity index (χ2n) is 4.49. The van der Waals surface area contributed by atoms with Crippen LogP contribution >= 0.6 is 23.2 Å². The number of carbonyl (C=O) groups excluding carboxylic acids is 1. The molecule has 1 heterocycles. The number of anilines is 1. The van der Waals surface area contributed by atoms with E-state index in [4.69, 9.17) is 27.9 Å². The Bertz CT molecular complexity index is 662. The van der Waals surface area contributed by atoms with Crippen LogP contribution in [0.15, 0.2) is 36.4 Å². The molecule has 2 aromatic rings. The molecule has 4 nitrogen and oxygen atoms in total. The predicted octanol–water partition coefficient (Wildman–Crippen LogP) is 4.10. The summed E-state index contributed by atoms with van der Waals surface area (Å²) in [4.78, 5) is 16.3. The molecule has 0 radical (unpaired) electrons. The zero-order chi connectivity index (χ0) is 15.4. The molecule has 0 spiro atoms. The van der Waals surface area contributed by atoms with Crippen molar-refractivity contribution in [3.63, 3.8) is 0 Å². The molecule has 110 valence electrons. The third-order valence-corrected chi connectivity index (χ3v) is 3.24. The molecular weight excluding hydrogens is 311 g/mol. The Hall–Kier alpha value is -1.78. The molecule has 0 aliphatic rings.